The summed E-state index contributed by atoms with van der Waals surface area (Å²) >= 11 is 0. The fourth-order valence-electron chi connectivity index (χ4n) is 1.63. The third-order valence-electron chi connectivity index (χ3n) is 2.41. The molecule has 0 heterocycles. The van der Waals surface area contributed by atoms with E-state index in [9.17, 15) is 0 Å². The highest BCUT2D eigenvalue weighted by atomic mass is 16.7. The maximum atomic E-state index is 5.18. The Morgan fingerprint density at radius 3 is 2.14 bits per heavy atom. The molecule has 0 spiro atoms. The lowest BCUT2D eigenvalue weighted by molar-refractivity contribution is -0.120. The highest BCUT2D eigenvalue weighted by molar-refractivity contribution is 4.70. The monoisotopic (exact) mass is 203 g/mol. The maximum Gasteiger partial charge on any atom is 0.171 e. The third kappa shape index (κ3) is 5.58. The molecule has 0 aromatic carbocycles. The summed E-state index contributed by atoms with van der Waals surface area (Å²) in [4.78, 5) is 0. The summed E-state index contributed by atoms with van der Waals surface area (Å²) in [6, 6.07) is 0.759. The van der Waals surface area contributed by atoms with Crippen molar-refractivity contribution in [1.82, 2.24) is 5.32 Å². The minimum atomic E-state index is -0.154. The summed E-state index contributed by atoms with van der Waals surface area (Å²) in [6.45, 7) is 6.50. The summed E-state index contributed by atoms with van der Waals surface area (Å²) in [6.07, 6.45) is 3.57. The molecule has 0 aliphatic rings. The summed E-state index contributed by atoms with van der Waals surface area (Å²) in [7, 11) is 3.34. The lowest BCUT2D eigenvalue weighted by Gasteiger charge is -2.25. The van der Waals surface area contributed by atoms with Crippen LogP contribution in [0.2, 0.25) is 0 Å². The molecular weight excluding hydrogens is 178 g/mol. The quantitative estimate of drug-likeness (QED) is 0.613. The van der Waals surface area contributed by atoms with Crippen molar-refractivity contribution in [3.8, 4) is 0 Å². The average Bonchev–Trinajstić information content (AvgIpc) is 2.16. The molecule has 0 saturated heterocycles. The average molecular weight is 203 g/mol. The molecule has 0 amide bonds. The highest BCUT2D eigenvalue weighted by Gasteiger charge is 2.16. The van der Waals surface area contributed by atoms with Crippen LogP contribution in [-0.4, -0.2) is 32.6 Å². The summed E-state index contributed by atoms with van der Waals surface area (Å²) < 4.78 is 10.4. The zero-order chi connectivity index (χ0) is 11.0. The first-order valence-electron chi connectivity index (χ1n) is 5.47. The van der Waals surface area contributed by atoms with Crippen LogP contribution >= 0.6 is 0 Å². The van der Waals surface area contributed by atoms with E-state index in [1.54, 1.807) is 14.2 Å². The molecule has 3 nitrogen and oxygen atoms in total. The zero-order valence-corrected chi connectivity index (χ0v) is 10.2. The number of hydrogen-bond acceptors (Lipinski definition) is 3. The zero-order valence-electron chi connectivity index (χ0n) is 10.2. The van der Waals surface area contributed by atoms with E-state index in [2.05, 4.69) is 26.1 Å². The second-order valence-corrected chi connectivity index (χ2v) is 3.84. The normalized spacial score (nSPS) is 15.9. The molecule has 14 heavy (non-hydrogen) atoms. The van der Waals surface area contributed by atoms with Gasteiger partial charge in [0.2, 0.25) is 0 Å². The van der Waals surface area contributed by atoms with Gasteiger partial charge < -0.3 is 14.8 Å². The Balaban J connectivity index is 3.73. The molecule has 2 atom stereocenters. The Labute approximate surface area is 88.2 Å². The molecule has 0 radical (unpaired) electrons. The van der Waals surface area contributed by atoms with E-state index in [1.165, 1.54) is 19.3 Å². The summed E-state index contributed by atoms with van der Waals surface area (Å²) in [5.74, 6) is 0. The van der Waals surface area contributed by atoms with Crippen molar-refractivity contribution < 1.29 is 9.47 Å². The van der Waals surface area contributed by atoms with Gasteiger partial charge in [-0.3, -0.25) is 0 Å². The molecule has 86 valence electrons. The van der Waals surface area contributed by atoms with Crippen LogP contribution in [0.5, 0.6) is 0 Å². The summed E-state index contributed by atoms with van der Waals surface area (Å²) in [5.41, 5.74) is 0. The van der Waals surface area contributed by atoms with Crippen molar-refractivity contribution in [3.05, 3.63) is 0 Å². The van der Waals surface area contributed by atoms with Gasteiger partial charge >= 0.3 is 0 Å². The van der Waals surface area contributed by atoms with Crippen molar-refractivity contribution in [2.24, 2.45) is 0 Å². The van der Waals surface area contributed by atoms with Gasteiger partial charge in [0.25, 0.3) is 0 Å². The minimum Gasteiger partial charge on any atom is -0.354 e. The van der Waals surface area contributed by atoms with Gasteiger partial charge in [0.1, 0.15) is 0 Å². The number of ether oxygens (including phenoxy) is 2. The number of rotatable bonds is 8. The molecule has 0 aliphatic carbocycles. The van der Waals surface area contributed by atoms with Crippen molar-refractivity contribution in [2.75, 3.05) is 14.2 Å². The molecule has 0 rings (SSSR count). The van der Waals surface area contributed by atoms with Crippen LogP contribution in [0.4, 0.5) is 0 Å². The van der Waals surface area contributed by atoms with Crippen LogP contribution in [0, 0.1) is 0 Å². The van der Waals surface area contributed by atoms with E-state index in [4.69, 9.17) is 9.47 Å². The number of unbranched alkanes of at least 4 members (excludes halogenated alkanes) is 1. The second kappa shape index (κ2) is 8.21. The molecule has 0 aromatic heterocycles. The SMILES string of the molecule is CCCCC(C)NC(C)C(OC)OC. The molecule has 0 fully saturated rings. The van der Waals surface area contributed by atoms with Crippen LogP contribution in [0.25, 0.3) is 0 Å². The van der Waals surface area contributed by atoms with E-state index in [0.717, 1.165) is 0 Å². The largest absolute Gasteiger partial charge is 0.354 e. The smallest absolute Gasteiger partial charge is 0.171 e. The fraction of sp³-hybridized carbons (Fsp3) is 1.00. The fourth-order valence-corrected chi connectivity index (χ4v) is 1.63. The first-order chi connectivity index (χ1) is 6.65. The molecule has 0 saturated carbocycles. The number of methoxy groups -OCH3 is 2. The van der Waals surface area contributed by atoms with Gasteiger partial charge in [-0.2, -0.15) is 0 Å². The van der Waals surface area contributed by atoms with E-state index >= 15 is 0 Å². The molecule has 0 aliphatic heterocycles. The maximum absolute atomic E-state index is 5.18. The van der Waals surface area contributed by atoms with Gasteiger partial charge in [0.05, 0.1) is 6.04 Å². The predicted molar refractivity (Wildman–Crippen MR) is 59.4 cm³/mol. The van der Waals surface area contributed by atoms with E-state index in [-0.39, 0.29) is 12.3 Å². The molecule has 1 N–H and O–H groups in total. The topological polar surface area (TPSA) is 30.5 Å². The number of nitrogens with one attached hydrogen (secondary N) is 1. The highest BCUT2D eigenvalue weighted by Crippen LogP contribution is 2.04. The third-order valence-corrected chi connectivity index (χ3v) is 2.41. The van der Waals surface area contributed by atoms with Crippen LogP contribution in [-0.2, 0) is 9.47 Å². The van der Waals surface area contributed by atoms with Gasteiger partial charge in [-0.15, -0.1) is 0 Å². The second-order valence-electron chi connectivity index (χ2n) is 3.84. The van der Waals surface area contributed by atoms with Crippen molar-refractivity contribution >= 4 is 0 Å². The minimum absolute atomic E-state index is 0.154. The van der Waals surface area contributed by atoms with Crippen molar-refractivity contribution in [1.29, 1.82) is 0 Å². The Morgan fingerprint density at radius 1 is 1.14 bits per heavy atom. The van der Waals surface area contributed by atoms with Gasteiger partial charge in [-0.1, -0.05) is 19.8 Å². The van der Waals surface area contributed by atoms with Crippen molar-refractivity contribution in [2.45, 2.75) is 58.4 Å². The lowest BCUT2D eigenvalue weighted by Crippen LogP contribution is -2.44. The van der Waals surface area contributed by atoms with E-state index in [1.807, 2.05) is 0 Å². The van der Waals surface area contributed by atoms with Crippen LogP contribution in [0.1, 0.15) is 40.0 Å². The van der Waals surface area contributed by atoms with E-state index in [0.29, 0.717) is 6.04 Å². The van der Waals surface area contributed by atoms with Gasteiger partial charge in [0, 0.05) is 20.3 Å². The molecule has 3 heteroatoms. The van der Waals surface area contributed by atoms with Crippen LogP contribution in [0.3, 0.4) is 0 Å². The first-order valence-corrected chi connectivity index (χ1v) is 5.47. The van der Waals surface area contributed by atoms with Gasteiger partial charge in [0.15, 0.2) is 6.29 Å². The molecule has 0 bridgehead atoms. The predicted octanol–water partition coefficient (Wildman–Crippen LogP) is 2.16. The van der Waals surface area contributed by atoms with Gasteiger partial charge in [-0.25, -0.2) is 0 Å². The van der Waals surface area contributed by atoms with Crippen LogP contribution < -0.4 is 5.32 Å². The Morgan fingerprint density at radius 2 is 1.71 bits per heavy atom. The van der Waals surface area contributed by atoms with Crippen molar-refractivity contribution in [3.63, 3.8) is 0 Å². The Bertz CT molecular complexity index is 126. The van der Waals surface area contributed by atoms with E-state index < -0.39 is 0 Å². The Hall–Kier alpha value is -0.120. The first kappa shape index (κ1) is 13.9. The molecule has 0 aromatic rings. The molecular formula is C11H25NO2. The Kier molecular flexibility index (Phi) is 8.14. The number of hydrogen-bond donors (Lipinski definition) is 1. The summed E-state index contributed by atoms with van der Waals surface area (Å²) in [5, 5.41) is 3.47. The standard InChI is InChI=1S/C11H25NO2/c1-6-7-8-9(2)12-10(3)11(13-4)14-5/h9-12H,6-8H2,1-5H3. The van der Waals surface area contributed by atoms with Crippen LogP contribution in [0.15, 0.2) is 0 Å². The molecule has 2 unspecified atom stereocenters. The lowest BCUT2D eigenvalue weighted by atomic mass is 10.1. The van der Waals surface area contributed by atoms with Gasteiger partial charge in [-0.05, 0) is 20.3 Å².